The van der Waals surface area contributed by atoms with Crippen LogP contribution in [-0.2, 0) is 0 Å². The van der Waals surface area contributed by atoms with E-state index in [4.69, 9.17) is 4.74 Å². The Balaban J connectivity index is 1.89. The van der Waals surface area contributed by atoms with Crippen molar-refractivity contribution in [1.29, 1.82) is 0 Å². The number of carbonyl (C=O) groups excluding carboxylic acids is 1. The van der Waals surface area contributed by atoms with Crippen LogP contribution < -0.4 is 10.1 Å². The number of methoxy groups -OCH3 is 1. The van der Waals surface area contributed by atoms with Crippen molar-refractivity contribution in [1.82, 2.24) is 10.2 Å². The van der Waals surface area contributed by atoms with Gasteiger partial charge in [0.2, 0.25) is 0 Å². The van der Waals surface area contributed by atoms with Crippen LogP contribution in [0.1, 0.15) is 15.9 Å². The van der Waals surface area contributed by atoms with Gasteiger partial charge in [-0.1, -0.05) is 18.2 Å². The first-order valence-corrected chi connectivity index (χ1v) is 6.58. The van der Waals surface area contributed by atoms with Gasteiger partial charge in [-0.3, -0.25) is 9.89 Å². The quantitative estimate of drug-likeness (QED) is 0.775. The summed E-state index contributed by atoms with van der Waals surface area (Å²) in [6.07, 6.45) is 0. The van der Waals surface area contributed by atoms with E-state index in [9.17, 15) is 4.79 Å². The van der Waals surface area contributed by atoms with Gasteiger partial charge in [-0.15, -0.1) is 0 Å². The number of amides is 1. The van der Waals surface area contributed by atoms with Gasteiger partial charge in [-0.25, -0.2) is 0 Å². The number of anilines is 1. The van der Waals surface area contributed by atoms with Crippen LogP contribution in [0.4, 0.5) is 5.82 Å². The number of aromatic nitrogens is 2. The fourth-order valence-electron chi connectivity index (χ4n) is 2.20. The second kappa shape index (κ2) is 5.28. The van der Waals surface area contributed by atoms with Crippen LogP contribution >= 0.6 is 0 Å². The zero-order valence-corrected chi connectivity index (χ0v) is 11.8. The van der Waals surface area contributed by atoms with E-state index < -0.39 is 0 Å². The Hall–Kier alpha value is -2.82. The minimum atomic E-state index is -0.217. The Labute approximate surface area is 121 Å². The molecule has 0 saturated heterocycles. The average Bonchev–Trinajstić information content (AvgIpc) is 2.91. The van der Waals surface area contributed by atoms with E-state index in [0.717, 1.165) is 16.5 Å². The van der Waals surface area contributed by atoms with Gasteiger partial charge in [0.05, 0.1) is 12.6 Å². The highest BCUT2D eigenvalue weighted by molar-refractivity contribution is 6.08. The second-order valence-corrected chi connectivity index (χ2v) is 4.76. The Morgan fingerprint density at radius 2 is 2.05 bits per heavy atom. The zero-order valence-electron chi connectivity index (χ0n) is 11.8. The standard InChI is InChI=1S/C16H15N3O2/c1-10-7-8-11(9-14(10)21-2)16(20)17-15-12-5-3-4-6-13(12)18-19-15/h3-9H,1-2H3,(H2,17,18,19,20). The zero-order chi connectivity index (χ0) is 14.8. The van der Waals surface area contributed by atoms with Crippen molar-refractivity contribution in [2.75, 3.05) is 12.4 Å². The third kappa shape index (κ3) is 2.45. The fraction of sp³-hybridized carbons (Fsp3) is 0.125. The monoisotopic (exact) mass is 281 g/mol. The number of para-hydroxylation sites is 1. The number of aryl methyl sites for hydroxylation is 1. The number of ether oxygens (including phenoxy) is 1. The van der Waals surface area contributed by atoms with Gasteiger partial charge in [0.15, 0.2) is 5.82 Å². The van der Waals surface area contributed by atoms with Gasteiger partial charge in [-0.2, -0.15) is 5.10 Å². The lowest BCUT2D eigenvalue weighted by atomic mass is 10.1. The smallest absolute Gasteiger partial charge is 0.257 e. The SMILES string of the molecule is COc1cc(C(=O)Nc2n[nH]c3ccccc23)ccc1C. The topological polar surface area (TPSA) is 67.0 Å². The third-order valence-corrected chi connectivity index (χ3v) is 3.37. The van der Waals surface area contributed by atoms with E-state index in [0.29, 0.717) is 17.1 Å². The largest absolute Gasteiger partial charge is 0.496 e. The predicted octanol–water partition coefficient (Wildman–Crippen LogP) is 3.13. The molecule has 2 N–H and O–H groups in total. The van der Waals surface area contributed by atoms with Gasteiger partial charge < -0.3 is 10.1 Å². The number of aromatic amines is 1. The average molecular weight is 281 g/mol. The van der Waals surface area contributed by atoms with Crippen molar-refractivity contribution in [3.8, 4) is 5.75 Å². The number of nitrogens with zero attached hydrogens (tertiary/aromatic N) is 1. The van der Waals surface area contributed by atoms with E-state index in [-0.39, 0.29) is 5.91 Å². The van der Waals surface area contributed by atoms with Crippen LogP contribution in [0.2, 0.25) is 0 Å². The lowest BCUT2D eigenvalue weighted by Gasteiger charge is -2.07. The van der Waals surface area contributed by atoms with Gasteiger partial charge in [0, 0.05) is 10.9 Å². The van der Waals surface area contributed by atoms with Gasteiger partial charge in [0.1, 0.15) is 5.75 Å². The van der Waals surface area contributed by atoms with E-state index in [2.05, 4.69) is 15.5 Å². The molecule has 0 fully saturated rings. The molecular weight excluding hydrogens is 266 g/mol. The van der Waals surface area contributed by atoms with Crippen molar-refractivity contribution in [3.63, 3.8) is 0 Å². The maximum Gasteiger partial charge on any atom is 0.257 e. The Morgan fingerprint density at radius 3 is 2.86 bits per heavy atom. The first kappa shape index (κ1) is 13.2. The fourth-order valence-corrected chi connectivity index (χ4v) is 2.20. The number of nitrogens with one attached hydrogen (secondary N) is 2. The Kier molecular flexibility index (Phi) is 3.31. The molecule has 3 aromatic rings. The number of hydrogen-bond acceptors (Lipinski definition) is 3. The number of carbonyl (C=O) groups is 1. The van der Waals surface area contributed by atoms with Crippen molar-refractivity contribution in [2.45, 2.75) is 6.92 Å². The molecule has 0 radical (unpaired) electrons. The normalized spacial score (nSPS) is 10.6. The number of fused-ring (bicyclic) bond motifs is 1. The highest BCUT2D eigenvalue weighted by Crippen LogP contribution is 2.22. The number of hydrogen-bond donors (Lipinski definition) is 2. The molecule has 5 nitrogen and oxygen atoms in total. The molecule has 0 aliphatic carbocycles. The minimum Gasteiger partial charge on any atom is -0.496 e. The molecule has 1 amide bonds. The lowest BCUT2D eigenvalue weighted by Crippen LogP contribution is -2.12. The summed E-state index contributed by atoms with van der Waals surface area (Å²) in [7, 11) is 1.59. The molecule has 3 rings (SSSR count). The summed E-state index contributed by atoms with van der Waals surface area (Å²) in [6, 6.07) is 13.0. The number of rotatable bonds is 3. The van der Waals surface area contributed by atoms with Crippen molar-refractivity contribution in [2.24, 2.45) is 0 Å². The van der Waals surface area contributed by atoms with Gasteiger partial charge >= 0.3 is 0 Å². The Bertz CT molecular complexity index is 808. The predicted molar refractivity (Wildman–Crippen MR) is 81.8 cm³/mol. The van der Waals surface area contributed by atoms with Crippen LogP contribution in [0.25, 0.3) is 10.9 Å². The molecule has 1 aromatic heterocycles. The van der Waals surface area contributed by atoms with Crippen LogP contribution in [-0.4, -0.2) is 23.2 Å². The molecule has 0 atom stereocenters. The molecule has 2 aromatic carbocycles. The van der Waals surface area contributed by atoms with Crippen LogP contribution in [0, 0.1) is 6.92 Å². The first-order chi connectivity index (χ1) is 10.2. The van der Waals surface area contributed by atoms with Crippen LogP contribution in [0.5, 0.6) is 5.75 Å². The summed E-state index contributed by atoms with van der Waals surface area (Å²) in [4.78, 5) is 12.3. The molecular formula is C16H15N3O2. The molecule has 0 aliphatic heterocycles. The minimum absolute atomic E-state index is 0.217. The molecule has 0 unspecified atom stereocenters. The highest BCUT2D eigenvalue weighted by atomic mass is 16.5. The highest BCUT2D eigenvalue weighted by Gasteiger charge is 2.12. The Morgan fingerprint density at radius 1 is 1.24 bits per heavy atom. The van der Waals surface area contributed by atoms with E-state index in [1.165, 1.54) is 0 Å². The first-order valence-electron chi connectivity index (χ1n) is 6.58. The molecule has 0 saturated carbocycles. The second-order valence-electron chi connectivity index (χ2n) is 4.76. The van der Waals surface area contributed by atoms with Crippen molar-refractivity contribution >= 4 is 22.6 Å². The maximum atomic E-state index is 12.3. The van der Waals surface area contributed by atoms with Crippen molar-refractivity contribution in [3.05, 3.63) is 53.6 Å². The third-order valence-electron chi connectivity index (χ3n) is 3.37. The van der Waals surface area contributed by atoms with Crippen LogP contribution in [0.3, 0.4) is 0 Å². The maximum absolute atomic E-state index is 12.3. The van der Waals surface area contributed by atoms with E-state index >= 15 is 0 Å². The summed E-state index contributed by atoms with van der Waals surface area (Å²) >= 11 is 0. The van der Waals surface area contributed by atoms with E-state index in [1.807, 2.05) is 37.3 Å². The summed E-state index contributed by atoms with van der Waals surface area (Å²) in [6.45, 7) is 1.93. The van der Waals surface area contributed by atoms with Crippen molar-refractivity contribution < 1.29 is 9.53 Å². The van der Waals surface area contributed by atoms with E-state index in [1.54, 1.807) is 19.2 Å². The molecule has 5 heteroatoms. The molecule has 0 spiro atoms. The summed E-state index contributed by atoms with van der Waals surface area (Å²) in [5, 5.41) is 10.7. The molecule has 21 heavy (non-hydrogen) atoms. The summed E-state index contributed by atoms with van der Waals surface area (Å²) in [5.41, 5.74) is 2.40. The molecule has 0 aliphatic rings. The van der Waals surface area contributed by atoms with Gasteiger partial charge in [-0.05, 0) is 36.8 Å². The number of benzene rings is 2. The summed E-state index contributed by atoms with van der Waals surface area (Å²) < 4.78 is 5.24. The van der Waals surface area contributed by atoms with Gasteiger partial charge in [0.25, 0.3) is 5.91 Å². The molecule has 0 bridgehead atoms. The summed E-state index contributed by atoms with van der Waals surface area (Å²) in [5.74, 6) is 0.996. The molecule has 106 valence electrons. The lowest BCUT2D eigenvalue weighted by molar-refractivity contribution is 0.102. The van der Waals surface area contributed by atoms with Crippen LogP contribution in [0.15, 0.2) is 42.5 Å². The molecule has 1 heterocycles. The number of H-pyrrole nitrogens is 1.